The summed E-state index contributed by atoms with van der Waals surface area (Å²) in [6, 6.07) is 17.8. The number of rotatable bonds is 5. The molecule has 1 N–H and O–H groups in total. The Morgan fingerprint density at radius 1 is 1.04 bits per heavy atom. The Balaban J connectivity index is 1.54. The Labute approximate surface area is 144 Å². The maximum atomic E-state index is 12.4. The van der Waals surface area contributed by atoms with Gasteiger partial charge in [-0.25, -0.2) is 0 Å². The summed E-state index contributed by atoms with van der Waals surface area (Å²) >= 11 is 0. The quantitative estimate of drug-likeness (QED) is 0.875. The van der Waals surface area contributed by atoms with Crippen LogP contribution in [0.15, 0.2) is 54.6 Å². The number of carbonyl (C=O) groups excluding carboxylic acids is 1. The first-order valence-electron chi connectivity index (χ1n) is 8.80. The Hall–Kier alpha value is -2.29. The van der Waals surface area contributed by atoms with Crippen molar-refractivity contribution in [2.24, 2.45) is 5.92 Å². The van der Waals surface area contributed by atoms with Crippen LogP contribution in [0.3, 0.4) is 0 Å². The van der Waals surface area contributed by atoms with Crippen LogP contribution in [0.1, 0.15) is 48.5 Å². The molecule has 1 amide bonds. The van der Waals surface area contributed by atoms with Gasteiger partial charge in [-0.15, -0.1) is 0 Å². The highest BCUT2D eigenvalue weighted by molar-refractivity contribution is 5.94. The van der Waals surface area contributed by atoms with Crippen LogP contribution in [0.2, 0.25) is 0 Å². The molecule has 1 aliphatic carbocycles. The Morgan fingerprint density at radius 2 is 1.75 bits per heavy atom. The summed E-state index contributed by atoms with van der Waals surface area (Å²) in [6.07, 6.45) is 4.78. The van der Waals surface area contributed by atoms with E-state index in [0.29, 0.717) is 24.1 Å². The summed E-state index contributed by atoms with van der Waals surface area (Å²) in [7, 11) is 0. The first-order chi connectivity index (χ1) is 11.7. The van der Waals surface area contributed by atoms with E-state index in [1.54, 1.807) is 0 Å². The standard InChI is InChI=1S/C21H25NO2/c1-16-7-5-6-10-20(16)22-21(23)18-11-13-19(14-12-18)24-15-17-8-3-2-4-9-17/h2-4,8-9,11-14,16,20H,5-7,10,15H2,1H3,(H,22,23). The molecule has 3 heteroatoms. The molecule has 0 aromatic heterocycles. The lowest BCUT2D eigenvalue weighted by Crippen LogP contribution is -2.41. The molecule has 2 atom stereocenters. The summed E-state index contributed by atoms with van der Waals surface area (Å²) in [6.45, 7) is 2.76. The van der Waals surface area contributed by atoms with Crippen LogP contribution in [-0.4, -0.2) is 11.9 Å². The fraction of sp³-hybridized carbons (Fsp3) is 0.381. The van der Waals surface area contributed by atoms with Gasteiger partial charge in [0, 0.05) is 11.6 Å². The van der Waals surface area contributed by atoms with E-state index in [-0.39, 0.29) is 5.91 Å². The van der Waals surface area contributed by atoms with Gasteiger partial charge in [-0.2, -0.15) is 0 Å². The molecule has 0 spiro atoms. The van der Waals surface area contributed by atoms with Gasteiger partial charge < -0.3 is 10.1 Å². The lowest BCUT2D eigenvalue weighted by atomic mass is 9.86. The van der Waals surface area contributed by atoms with Crippen molar-refractivity contribution in [3.63, 3.8) is 0 Å². The predicted octanol–water partition coefficient (Wildman–Crippen LogP) is 4.57. The molecular formula is C21H25NO2. The molecule has 126 valence electrons. The highest BCUT2D eigenvalue weighted by atomic mass is 16.5. The number of carbonyl (C=O) groups is 1. The van der Waals surface area contributed by atoms with Gasteiger partial charge in [-0.1, -0.05) is 50.1 Å². The van der Waals surface area contributed by atoms with Crippen LogP contribution in [-0.2, 0) is 6.61 Å². The van der Waals surface area contributed by atoms with Gasteiger partial charge in [0.15, 0.2) is 0 Å². The molecule has 3 nitrogen and oxygen atoms in total. The van der Waals surface area contributed by atoms with E-state index in [1.807, 2.05) is 54.6 Å². The molecule has 0 bridgehead atoms. The van der Waals surface area contributed by atoms with Gasteiger partial charge in [-0.05, 0) is 48.6 Å². The van der Waals surface area contributed by atoms with Crippen LogP contribution >= 0.6 is 0 Å². The number of benzene rings is 2. The molecule has 0 aliphatic heterocycles. The first kappa shape index (κ1) is 16.6. The summed E-state index contributed by atoms with van der Waals surface area (Å²) in [5.74, 6) is 1.36. The minimum Gasteiger partial charge on any atom is -0.489 e. The second kappa shape index (κ2) is 8.00. The van der Waals surface area contributed by atoms with Crippen molar-refractivity contribution in [1.82, 2.24) is 5.32 Å². The predicted molar refractivity (Wildman–Crippen MR) is 96.1 cm³/mol. The molecule has 1 saturated carbocycles. The SMILES string of the molecule is CC1CCCCC1NC(=O)c1ccc(OCc2ccccc2)cc1. The van der Waals surface area contributed by atoms with Crippen molar-refractivity contribution in [3.8, 4) is 5.75 Å². The highest BCUT2D eigenvalue weighted by Gasteiger charge is 2.23. The monoisotopic (exact) mass is 323 g/mol. The number of ether oxygens (including phenoxy) is 1. The molecule has 24 heavy (non-hydrogen) atoms. The molecule has 2 aromatic rings. The van der Waals surface area contributed by atoms with E-state index in [0.717, 1.165) is 17.7 Å². The van der Waals surface area contributed by atoms with Crippen LogP contribution in [0, 0.1) is 5.92 Å². The third-order valence-corrected chi connectivity index (χ3v) is 4.79. The van der Waals surface area contributed by atoms with Crippen molar-refractivity contribution in [3.05, 3.63) is 65.7 Å². The van der Waals surface area contributed by atoms with Crippen molar-refractivity contribution in [2.45, 2.75) is 45.3 Å². The van der Waals surface area contributed by atoms with E-state index in [9.17, 15) is 4.79 Å². The normalized spacial score (nSPS) is 20.4. The van der Waals surface area contributed by atoms with Crippen molar-refractivity contribution in [1.29, 1.82) is 0 Å². The zero-order valence-electron chi connectivity index (χ0n) is 14.2. The number of nitrogens with one attached hydrogen (secondary N) is 1. The zero-order valence-corrected chi connectivity index (χ0v) is 14.2. The highest BCUT2D eigenvalue weighted by Crippen LogP contribution is 2.24. The molecule has 2 unspecified atom stereocenters. The number of amides is 1. The van der Waals surface area contributed by atoms with E-state index in [1.165, 1.54) is 19.3 Å². The fourth-order valence-corrected chi connectivity index (χ4v) is 3.23. The second-order valence-corrected chi connectivity index (χ2v) is 6.64. The summed E-state index contributed by atoms with van der Waals surface area (Å²) in [4.78, 5) is 12.4. The largest absolute Gasteiger partial charge is 0.489 e. The summed E-state index contributed by atoms with van der Waals surface area (Å²) in [5, 5.41) is 3.18. The third kappa shape index (κ3) is 4.38. The minimum atomic E-state index is 0.0170. The lowest BCUT2D eigenvalue weighted by molar-refractivity contribution is 0.0910. The van der Waals surface area contributed by atoms with E-state index >= 15 is 0 Å². The Bertz CT molecular complexity index is 651. The van der Waals surface area contributed by atoms with Gasteiger partial charge in [-0.3, -0.25) is 4.79 Å². The van der Waals surface area contributed by atoms with E-state index < -0.39 is 0 Å². The van der Waals surface area contributed by atoms with Gasteiger partial charge in [0.05, 0.1) is 0 Å². The fourth-order valence-electron chi connectivity index (χ4n) is 3.23. The van der Waals surface area contributed by atoms with Gasteiger partial charge in [0.2, 0.25) is 0 Å². The summed E-state index contributed by atoms with van der Waals surface area (Å²) < 4.78 is 5.76. The molecule has 3 rings (SSSR count). The van der Waals surface area contributed by atoms with Crippen molar-refractivity contribution >= 4 is 5.91 Å². The van der Waals surface area contributed by atoms with Gasteiger partial charge in [0.25, 0.3) is 5.91 Å². The zero-order chi connectivity index (χ0) is 16.8. The first-order valence-corrected chi connectivity index (χ1v) is 8.80. The van der Waals surface area contributed by atoms with Crippen LogP contribution in [0.25, 0.3) is 0 Å². The molecule has 1 aliphatic rings. The Morgan fingerprint density at radius 3 is 2.46 bits per heavy atom. The second-order valence-electron chi connectivity index (χ2n) is 6.64. The average Bonchev–Trinajstić information content (AvgIpc) is 2.63. The van der Waals surface area contributed by atoms with Gasteiger partial charge in [0.1, 0.15) is 12.4 Å². The summed E-state index contributed by atoms with van der Waals surface area (Å²) in [5.41, 5.74) is 1.82. The van der Waals surface area contributed by atoms with Crippen molar-refractivity contribution < 1.29 is 9.53 Å². The minimum absolute atomic E-state index is 0.0170. The molecule has 0 heterocycles. The molecule has 1 fully saturated rings. The van der Waals surface area contributed by atoms with Gasteiger partial charge >= 0.3 is 0 Å². The van der Waals surface area contributed by atoms with Crippen molar-refractivity contribution in [2.75, 3.05) is 0 Å². The lowest BCUT2D eigenvalue weighted by Gasteiger charge is -2.29. The smallest absolute Gasteiger partial charge is 0.251 e. The molecule has 2 aromatic carbocycles. The Kier molecular flexibility index (Phi) is 5.52. The topological polar surface area (TPSA) is 38.3 Å². The maximum absolute atomic E-state index is 12.4. The van der Waals surface area contributed by atoms with Crippen LogP contribution in [0.4, 0.5) is 0 Å². The van der Waals surface area contributed by atoms with Crippen LogP contribution < -0.4 is 10.1 Å². The number of hydrogen-bond acceptors (Lipinski definition) is 2. The van der Waals surface area contributed by atoms with Crippen LogP contribution in [0.5, 0.6) is 5.75 Å². The molecular weight excluding hydrogens is 298 g/mol. The maximum Gasteiger partial charge on any atom is 0.251 e. The van der Waals surface area contributed by atoms with E-state index in [4.69, 9.17) is 4.74 Å². The number of hydrogen-bond donors (Lipinski definition) is 1. The third-order valence-electron chi connectivity index (χ3n) is 4.79. The van der Waals surface area contributed by atoms with E-state index in [2.05, 4.69) is 12.2 Å². The average molecular weight is 323 g/mol. The molecule has 0 saturated heterocycles. The molecule has 0 radical (unpaired) electrons.